The van der Waals surface area contributed by atoms with E-state index >= 15 is 0 Å². The summed E-state index contributed by atoms with van der Waals surface area (Å²) in [4.78, 5) is 11.7. The van der Waals surface area contributed by atoms with Crippen LogP contribution in [0.5, 0.6) is 5.75 Å². The first-order valence-corrected chi connectivity index (χ1v) is 4.86. The minimum Gasteiger partial charge on any atom is -0.497 e. The molecular formula is C11H11N3O3. The molecule has 0 saturated heterocycles. The van der Waals surface area contributed by atoms with E-state index in [1.807, 2.05) is 0 Å². The van der Waals surface area contributed by atoms with Crippen LogP contribution in [0.2, 0.25) is 0 Å². The number of carbonyl (C=O) groups is 1. The Morgan fingerprint density at radius 2 is 2.29 bits per heavy atom. The van der Waals surface area contributed by atoms with Gasteiger partial charge in [-0.2, -0.15) is 0 Å². The molecule has 88 valence electrons. The van der Waals surface area contributed by atoms with Crippen LogP contribution in [0.4, 0.5) is 11.4 Å². The molecule has 0 radical (unpaired) electrons. The second-order valence-corrected chi connectivity index (χ2v) is 3.28. The van der Waals surface area contributed by atoms with Crippen LogP contribution in [-0.4, -0.2) is 18.2 Å². The quantitative estimate of drug-likeness (QED) is 0.784. The molecule has 0 unspecified atom stereocenters. The molecule has 0 fully saturated rings. The predicted octanol–water partition coefficient (Wildman–Crippen LogP) is 1.52. The second-order valence-electron chi connectivity index (χ2n) is 3.28. The van der Waals surface area contributed by atoms with Gasteiger partial charge >= 0.3 is 0 Å². The fourth-order valence-corrected chi connectivity index (χ4v) is 1.29. The monoisotopic (exact) mass is 233 g/mol. The highest BCUT2D eigenvalue weighted by molar-refractivity contribution is 6.03. The fourth-order valence-electron chi connectivity index (χ4n) is 1.29. The summed E-state index contributed by atoms with van der Waals surface area (Å²) in [5.74, 6) is 0.307. The molecule has 1 heterocycles. The van der Waals surface area contributed by atoms with E-state index in [4.69, 9.17) is 15.0 Å². The summed E-state index contributed by atoms with van der Waals surface area (Å²) < 4.78 is 9.77. The molecule has 1 aromatic carbocycles. The van der Waals surface area contributed by atoms with Crippen LogP contribution in [0, 0.1) is 0 Å². The highest BCUT2D eigenvalue weighted by atomic mass is 16.5. The van der Waals surface area contributed by atoms with E-state index in [0.29, 0.717) is 17.1 Å². The van der Waals surface area contributed by atoms with Crippen LogP contribution in [-0.2, 0) is 0 Å². The molecule has 0 aliphatic heterocycles. The van der Waals surface area contributed by atoms with Gasteiger partial charge in [0.15, 0.2) is 0 Å². The van der Waals surface area contributed by atoms with Gasteiger partial charge in [-0.25, -0.2) is 0 Å². The average Bonchev–Trinajstić information content (AvgIpc) is 2.85. The largest absolute Gasteiger partial charge is 0.497 e. The molecule has 2 aromatic rings. The lowest BCUT2D eigenvalue weighted by molar-refractivity contribution is 0.0988. The van der Waals surface area contributed by atoms with Crippen LogP contribution in [0.25, 0.3) is 0 Å². The Morgan fingerprint density at radius 1 is 1.47 bits per heavy atom. The molecule has 1 aromatic heterocycles. The third-order valence-corrected chi connectivity index (χ3v) is 2.17. The summed E-state index contributed by atoms with van der Waals surface area (Å²) in [6, 6.07) is 6.45. The van der Waals surface area contributed by atoms with Crippen molar-refractivity contribution in [1.29, 1.82) is 0 Å². The summed E-state index contributed by atoms with van der Waals surface area (Å²) in [5, 5.41) is 6.06. The summed E-state index contributed by atoms with van der Waals surface area (Å²) in [6.07, 6.45) is 1.39. The number of methoxy groups -OCH3 is 1. The smallest absolute Gasteiger partial charge is 0.294 e. The molecule has 0 spiro atoms. The number of hydrogen-bond acceptors (Lipinski definition) is 5. The van der Waals surface area contributed by atoms with Crippen molar-refractivity contribution in [2.24, 2.45) is 0 Å². The topological polar surface area (TPSA) is 90.4 Å². The number of hydrogen-bond donors (Lipinski definition) is 2. The van der Waals surface area contributed by atoms with E-state index in [0.717, 1.165) is 0 Å². The first-order valence-electron chi connectivity index (χ1n) is 4.86. The van der Waals surface area contributed by atoms with Gasteiger partial charge in [0.2, 0.25) is 5.76 Å². The zero-order chi connectivity index (χ0) is 12.3. The van der Waals surface area contributed by atoms with Crippen molar-refractivity contribution in [3.05, 3.63) is 36.2 Å². The number of aromatic nitrogens is 1. The number of nitrogen functional groups attached to an aromatic ring is 1. The van der Waals surface area contributed by atoms with E-state index in [-0.39, 0.29) is 5.76 Å². The summed E-state index contributed by atoms with van der Waals surface area (Å²) in [6.45, 7) is 0. The number of nitrogens with two attached hydrogens (primary N) is 1. The van der Waals surface area contributed by atoms with Crippen molar-refractivity contribution >= 4 is 17.3 Å². The van der Waals surface area contributed by atoms with Crippen LogP contribution < -0.4 is 15.8 Å². The SMILES string of the molecule is COc1ccc(N)c(NC(=O)c2ccno2)c1. The van der Waals surface area contributed by atoms with Crippen molar-refractivity contribution in [2.45, 2.75) is 0 Å². The number of benzene rings is 1. The Morgan fingerprint density at radius 3 is 2.94 bits per heavy atom. The Labute approximate surface area is 97.3 Å². The van der Waals surface area contributed by atoms with Crippen molar-refractivity contribution in [3.8, 4) is 5.75 Å². The molecule has 2 rings (SSSR count). The van der Waals surface area contributed by atoms with E-state index in [9.17, 15) is 4.79 Å². The third kappa shape index (κ3) is 2.36. The molecule has 0 atom stereocenters. The average molecular weight is 233 g/mol. The molecular weight excluding hydrogens is 222 g/mol. The van der Waals surface area contributed by atoms with Crippen LogP contribution >= 0.6 is 0 Å². The van der Waals surface area contributed by atoms with Gasteiger partial charge in [-0.15, -0.1) is 0 Å². The van der Waals surface area contributed by atoms with E-state index in [1.54, 1.807) is 18.2 Å². The normalized spacial score (nSPS) is 9.94. The van der Waals surface area contributed by atoms with Gasteiger partial charge in [-0.05, 0) is 12.1 Å². The van der Waals surface area contributed by atoms with Gasteiger partial charge in [-0.1, -0.05) is 5.16 Å². The van der Waals surface area contributed by atoms with E-state index < -0.39 is 5.91 Å². The number of amides is 1. The highest BCUT2D eigenvalue weighted by Crippen LogP contribution is 2.24. The fraction of sp³-hybridized carbons (Fsp3) is 0.0909. The standard InChI is InChI=1S/C11H11N3O3/c1-16-7-2-3-8(12)9(6-7)14-11(15)10-4-5-13-17-10/h2-6H,12H2,1H3,(H,14,15). The number of carbonyl (C=O) groups excluding carboxylic acids is 1. The molecule has 3 N–H and O–H groups in total. The molecule has 17 heavy (non-hydrogen) atoms. The first kappa shape index (κ1) is 11.0. The molecule has 6 nitrogen and oxygen atoms in total. The number of ether oxygens (including phenoxy) is 1. The lowest BCUT2D eigenvalue weighted by Gasteiger charge is -2.08. The molecule has 0 aliphatic rings. The highest BCUT2D eigenvalue weighted by Gasteiger charge is 2.11. The summed E-state index contributed by atoms with van der Waals surface area (Å²) in [5.41, 5.74) is 6.64. The molecule has 0 saturated carbocycles. The number of nitrogens with one attached hydrogen (secondary N) is 1. The molecule has 6 heteroatoms. The Balaban J connectivity index is 2.21. The number of nitrogens with zero attached hydrogens (tertiary/aromatic N) is 1. The van der Waals surface area contributed by atoms with Gasteiger partial charge in [0.25, 0.3) is 5.91 Å². The molecule has 1 amide bonds. The van der Waals surface area contributed by atoms with Gasteiger partial charge in [0, 0.05) is 12.1 Å². The summed E-state index contributed by atoms with van der Waals surface area (Å²) >= 11 is 0. The minimum atomic E-state index is -0.414. The third-order valence-electron chi connectivity index (χ3n) is 2.17. The lowest BCUT2D eigenvalue weighted by atomic mass is 10.2. The van der Waals surface area contributed by atoms with E-state index in [2.05, 4.69) is 10.5 Å². The lowest BCUT2D eigenvalue weighted by Crippen LogP contribution is -2.12. The number of rotatable bonds is 3. The maximum absolute atomic E-state index is 11.7. The Bertz CT molecular complexity index is 523. The van der Waals surface area contributed by atoms with Crippen molar-refractivity contribution in [2.75, 3.05) is 18.2 Å². The molecule has 0 bridgehead atoms. The van der Waals surface area contributed by atoms with Crippen molar-refractivity contribution < 1.29 is 14.1 Å². The van der Waals surface area contributed by atoms with Gasteiger partial charge in [-0.3, -0.25) is 4.79 Å². The minimum absolute atomic E-state index is 0.118. The van der Waals surface area contributed by atoms with Gasteiger partial charge in [0.05, 0.1) is 24.7 Å². The second kappa shape index (κ2) is 4.56. The first-order chi connectivity index (χ1) is 8.20. The summed E-state index contributed by atoms with van der Waals surface area (Å²) in [7, 11) is 1.54. The maximum atomic E-state index is 11.7. The zero-order valence-corrected chi connectivity index (χ0v) is 9.14. The van der Waals surface area contributed by atoms with Gasteiger partial charge in [0.1, 0.15) is 5.75 Å². The van der Waals surface area contributed by atoms with Crippen LogP contribution in [0.3, 0.4) is 0 Å². The van der Waals surface area contributed by atoms with Crippen LogP contribution in [0.15, 0.2) is 35.0 Å². The van der Waals surface area contributed by atoms with Crippen molar-refractivity contribution in [3.63, 3.8) is 0 Å². The molecule has 0 aliphatic carbocycles. The van der Waals surface area contributed by atoms with Crippen LogP contribution in [0.1, 0.15) is 10.6 Å². The van der Waals surface area contributed by atoms with Gasteiger partial charge < -0.3 is 20.3 Å². The Kier molecular flexibility index (Phi) is 2.95. The number of anilines is 2. The van der Waals surface area contributed by atoms with Crippen molar-refractivity contribution in [1.82, 2.24) is 5.16 Å². The zero-order valence-electron chi connectivity index (χ0n) is 9.14. The predicted molar refractivity (Wildman–Crippen MR) is 61.9 cm³/mol. The van der Waals surface area contributed by atoms with E-state index in [1.165, 1.54) is 19.4 Å². The maximum Gasteiger partial charge on any atom is 0.294 e. The Hall–Kier alpha value is -2.50.